The van der Waals surface area contributed by atoms with Gasteiger partial charge < -0.3 is 9.64 Å². The molecule has 2 saturated heterocycles. The van der Waals surface area contributed by atoms with Crippen LogP contribution in [-0.4, -0.2) is 56.0 Å². The smallest absolute Gasteiger partial charge is 0.251 e. The summed E-state index contributed by atoms with van der Waals surface area (Å²) < 4.78 is 5.22. The van der Waals surface area contributed by atoms with Crippen molar-refractivity contribution in [2.45, 2.75) is 19.4 Å². The first kappa shape index (κ1) is 19.7. The van der Waals surface area contributed by atoms with Crippen LogP contribution in [0.25, 0.3) is 0 Å². The molecule has 2 aliphatic rings. The normalized spacial score (nSPS) is 20.4. The number of imide groups is 1. The van der Waals surface area contributed by atoms with E-state index in [1.807, 2.05) is 31.2 Å². The number of carbonyl (C=O) groups is 2. The number of ether oxygens (including phenoxy) is 1. The number of carbonyl (C=O) groups excluding carboxylic acids is 2. The number of amides is 2. The average molecular weight is 414 g/mol. The Morgan fingerprint density at radius 1 is 0.966 bits per heavy atom. The molecule has 0 N–H and O–H groups in total. The second kappa shape index (κ2) is 8.05. The molecule has 152 valence electrons. The molecule has 0 radical (unpaired) electrons. The van der Waals surface area contributed by atoms with Gasteiger partial charge in [-0.25, -0.2) is 4.90 Å². The number of piperazine rings is 1. The second-order valence-corrected chi connectivity index (χ2v) is 7.85. The Kier molecular flexibility index (Phi) is 5.48. The van der Waals surface area contributed by atoms with E-state index in [4.69, 9.17) is 16.3 Å². The Morgan fingerprint density at radius 2 is 1.62 bits per heavy atom. The first-order valence-corrected chi connectivity index (χ1v) is 10.1. The topological polar surface area (TPSA) is 53.1 Å². The van der Waals surface area contributed by atoms with E-state index >= 15 is 0 Å². The van der Waals surface area contributed by atoms with Crippen LogP contribution in [-0.2, 0) is 9.59 Å². The average Bonchev–Trinajstić information content (AvgIpc) is 3.04. The molecule has 0 saturated carbocycles. The van der Waals surface area contributed by atoms with Gasteiger partial charge in [0.2, 0.25) is 5.91 Å². The van der Waals surface area contributed by atoms with E-state index in [-0.39, 0.29) is 18.2 Å². The predicted molar refractivity (Wildman–Crippen MR) is 114 cm³/mol. The molecule has 29 heavy (non-hydrogen) atoms. The van der Waals surface area contributed by atoms with E-state index in [9.17, 15) is 9.59 Å². The lowest BCUT2D eigenvalue weighted by atomic mass is 10.1. The SMILES string of the molecule is COc1ccc(N2CCN([C@H]3CC(=O)N(c4ccc(Cl)c(C)c4)C3=O)CC2)cc1. The Morgan fingerprint density at radius 3 is 2.24 bits per heavy atom. The minimum Gasteiger partial charge on any atom is -0.497 e. The zero-order valence-corrected chi connectivity index (χ0v) is 17.4. The Labute approximate surface area is 175 Å². The van der Waals surface area contributed by atoms with Gasteiger partial charge in [0.05, 0.1) is 25.3 Å². The molecule has 2 aliphatic heterocycles. The summed E-state index contributed by atoms with van der Waals surface area (Å²) in [6.45, 7) is 4.97. The number of aryl methyl sites for hydroxylation is 1. The third kappa shape index (κ3) is 3.82. The summed E-state index contributed by atoms with van der Waals surface area (Å²) in [6, 6.07) is 12.9. The minimum atomic E-state index is -0.392. The highest BCUT2D eigenvalue weighted by atomic mass is 35.5. The third-order valence-corrected chi connectivity index (χ3v) is 6.14. The van der Waals surface area contributed by atoms with E-state index in [1.54, 1.807) is 25.3 Å². The number of hydrogen-bond acceptors (Lipinski definition) is 5. The molecule has 2 aromatic rings. The Bertz CT molecular complexity index is 923. The summed E-state index contributed by atoms with van der Waals surface area (Å²) in [7, 11) is 1.66. The molecule has 2 heterocycles. The third-order valence-electron chi connectivity index (χ3n) is 5.72. The van der Waals surface area contributed by atoms with Gasteiger partial charge in [-0.1, -0.05) is 11.6 Å². The van der Waals surface area contributed by atoms with Crippen LogP contribution in [0.4, 0.5) is 11.4 Å². The zero-order valence-electron chi connectivity index (χ0n) is 16.6. The van der Waals surface area contributed by atoms with Crippen molar-refractivity contribution in [1.82, 2.24) is 4.90 Å². The second-order valence-electron chi connectivity index (χ2n) is 7.44. The molecule has 0 spiro atoms. The van der Waals surface area contributed by atoms with Gasteiger partial charge in [-0.2, -0.15) is 0 Å². The quantitative estimate of drug-likeness (QED) is 0.721. The summed E-state index contributed by atoms with van der Waals surface area (Å²) in [5.74, 6) is 0.536. The van der Waals surface area contributed by atoms with Gasteiger partial charge in [0.1, 0.15) is 5.75 Å². The number of anilines is 2. The molecule has 2 aromatic carbocycles. The van der Waals surface area contributed by atoms with E-state index in [0.29, 0.717) is 10.7 Å². The summed E-state index contributed by atoms with van der Waals surface area (Å²) in [6.07, 6.45) is 0.225. The molecular weight excluding hydrogens is 390 g/mol. The van der Waals surface area contributed by atoms with Crippen LogP contribution in [0.2, 0.25) is 5.02 Å². The zero-order chi connectivity index (χ0) is 20.5. The molecule has 0 aromatic heterocycles. The lowest BCUT2D eigenvalue weighted by Crippen LogP contribution is -2.52. The monoisotopic (exact) mass is 413 g/mol. The van der Waals surface area contributed by atoms with E-state index < -0.39 is 6.04 Å². The van der Waals surface area contributed by atoms with Crippen LogP contribution in [0.15, 0.2) is 42.5 Å². The van der Waals surface area contributed by atoms with Crippen LogP contribution < -0.4 is 14.5 Å². The summed E-state index contributed by atoms with van der Waals surface area (Å²) in [5.41, 5.74) is 2.58. The summed E-state index contributed by atoms with van der Waals surface area (Å²) in [4.78, 5) is 31.4. The molecule has 2 fully saturated rings. The fourth-order valence-electron chi connectivity index (χ4n) is 4.03. The van der Waals surface area contributed by atoms with Crippen LogP contribution in [0.5, 0.6) is 5.75 Å². The van der Waals surface area contributed by atoms with Crippen molar-refractivity contribution in [2.75, 3.05) is 43.1 Å². The molecule has 7 heteroatoms. The highest BCUT2D eigenvalue weighted by Crippen LogP contribution is 2.29. The van der Waals surface area contributed by atoms with Gasteiger partial charge in [0, 0.05) is 36.9 Å². The lowest BCUT2D eigenvalue weighted by Gasteiger charge is -2.38. The predicted octanol–water partition coefficient (Wildman–Crippen LogP) is 3.11. The van der Waals surface area contributed by atoms with Crippen molar-refractivity contribution in [3.63, 3.8) is 0 Å². The van der Waals surface area contributed by atoms with Crippen molar-refractivity contribution < 1.29 is 14.3 Å². The highest BCUT2D eigenvalue weighted by molar-refractivity contribution is 6.31. The van der Waals surface area contributed by atoms with Crippen LogP contribution in [0.1, 0.15) is 12.0 Å². The van der Waals surface area contributed by atoms with Gasteiger partial charge in [0.25, 0.3) is 5.91 Å². The van der Waals surface area contributed by atoms with Crippen LogP contribution >= 0.6 is 11.6 Å². The number of methoxy groups -OCH3 is 1. The van der Waals surface area contributed by atoms with Crippen LogP contribution in [0, 0.1) is 6.92 Å². The van der Waals surface area contributed by atoms with Gasteiger partial charge in [-0.15, -0.1) is 0 Å². The number of benzene rings is 2. The van der Waals surface area contributed by atoms with Crippen molar-refractivity contribution in [3.8, 4) is 5.75 Å². The molecule has 2 amide bonds. The van der Waals surface area contributed by atoms with E-state index in [0.717, 1.165) is 43.2 Å². The minimum absolute atomic E-state index is 0.144. The standard InChI is InChI=1S/C22H24ClN3O3/c1-15-13-17(5-8-19(15)23)26-21(27)14-20(22(26)28)25-11-9-24(10-12-25)16-3-6-18(29-2)7-4-16/h3-8,13,20H,9-12,14H2,1-2H3/t20-/m0/s1. The van der Waals surface area contributed by atoms with Crippen LogP contribution in [0.3, 0.4) is 0 Å². The van der Waals surface area contributed by atoms with Gasteiger partial charge in [-0.05, 0) is 55.0 Å². The fraction of sp³-hybridized carbons (Fsp3) is 0.364. The molecule has 4 rings (SSSR count). The number of nitrogens with zero attached hydrogens (tertiary/aromatic N) is 3. The summed E-state index contributed by atoms with van der Waals surface area (Å²) >= 11 is 6.08. The van der Waals surface area contributed by atoms with Crippen molar-refractivity contribution >= 4 is 34.8 Å². The molecule has 0 bridgehead atoms. The molecule has 1 atom stereocenters. The Balaban J connectivity index is 1.42. The summed E-state index contributed by atoms with van der Waals surface area (Å²) in [5, 5.41) is 0.624. The molecule has 0 unspecified atom stereocenters. The largest absolute Gasteiger partial charge is 0.497 e. The highest BCUT2D eigenvalue weighted by Gasteiger charge is 2.43. The van der Waals surface area contributed by atoms with Crippen molar-refractivity contribution in [3.05, 3.63) is 53.1 Å². The maximum absolute atomic E-state index is 13.0. The fourth-order valence-corrected chi connectivity index (χ4v) is 4.14. The number of rotatable bonds is 4. The van der Waals surface area contributed by atoms with Gasteiger partial charge in [0.15, 0.2) is 0 Å². The molecular formula is C22H24ClN3O3. The maximum atomic E-state index is 13.0. The van der Waals surface area contributed by atoms with E-state index in [1.165, 1.54) is 4.90 Å². The van der Waals surface area contributed by atoms with Gasteiger partial charge in [-0.3, -0.25) is 14.5 Å². The molecule has 6 nitrogen and oxygen atoms in total. The first-order chi connectivity index (χ1) is 14.0. The number of halogens is 1. The Hall–Kier alpha value is -2.57. The number of hydrogen-bond donors (Lipinski definition) is 0. The first-order valence-electron chi connectivity index (χ1n) is 9.74. The maximum Gasteiger partial charge on any atom is 0.251 e. The van der Waals surface area contributed by atoms with Gasteiger partial charge >= 0.3 is 0 Å². The van der Waals surface area contributed by atoms with E-state index in [2.05, 4.69) is 9.80 Å². The molecule has 0 aliphatic carbocycles. The van der Waals surface area contributed by atoms with Crippen molar-refractivity contribution in [2.24, 2.45) is 0 Å². The van der Waals surface area contributed by atoms with Crippen molar-refractivity contribution in [1.29, 1.82) is 0 Å². The lowest BCUT2D eigenvalue weighted by molar-refractivity contribution is -0.123.